The van der Waals surface area contributed by atoms with E-state index in [9.17, 15) is 0 Å². The summed E-state index contributed by atoms with van der Waals surface area (Å²) in [4.78, 5) is 4.31. The lowest BCUT2D eigenvalue weighted by Gasteiger charge is -2.09. The Labute approximate surface area is 147 Å². The molecule has 2 aromatic carbocycles. The highest BCUT2D eigenvalue weighted by Crippen LogP contribution is 2.27. The molecule has 0 bridgehead atoms. The van der Waals surface area contributed by atoms with Crippen molar-refractivity contribution in [1.29, 1.82) is 0 Å². The number of aliphatic imine (C=N–C) groups is 1. The maximum Gasteiger partial charge on any atom is 0.193 e. The zero-order chi connectivity index (χ0) is 15.1. The Morgan fingerprint density at radius 3 is 2.36 bits per heavy atom. The van der Waals surface area contributed by atoms with Crippen LogP contribution in [0.25, 0.3) is 0 Å². The second-order valence-corrected chi connectivity index (χ2v) is 4.38. The number of ether oxygens (including phenoxy) is 2. The van der Waals surface area contributed by atoms with Crippen LogP contribution < -0.4 is 20.5 Å². The Morgan fingerprint density at radius 1 is 1.05 bits per heavy atom. The van der Waals surface area contributed by atoms with Gasteiger partial charge >= 0.3 is 0 Å². The largest absolute Gasteiger partial charge is 0.493 e. The highest BCUT2D eigenvalue weighted by atomic mass is 127. The highest BCUT2D eigenvalue weighted by molar-refractivity contribution is 14.0. The number of anilines is 1. The molecule has 0 radical (unpaired) electrons. The molecule has 0 saturated heterocycles. The fourth-order valence-electron chi connectivity index (χ4n) is 1.86. The van der Waals surface area contributed by atoms with E-state index in [0.717, 1.165) is 11.3 Å². The van der Waals surface area contributed by atoms with E-state index in [2.05, 4.69) is 10.3 Å². The Hall–Kier alpha value is -1.96. The maximum atomic E-state index is 5.86. The first-order valence-electron chi connectivity index (χ1n) is 6.56. The fraction of sp³-hybridized carbons (Fsp3) is 0.188. The monoisotopic (exact) mass is 413 g/mol. The van der Waals surface area contributed by atoms with Crippen molar-refractivity contribution < 1.29 is 9.47 Å². The minimum absolute atomic E-state index is 0. The number of nitrogens with one attached hydrogen (secondary N) is 1. The molecule has 2 aromatic rings. The fourth-order valence-corrected chi connectivity index (χ4v) is 1.86. The first-order chi connectivity index (χ1) is 10.2. The summed E-state index contributed by atoms with van der Waals surface area (Å²) in [6.07, 6.45) is 0. The molecule has 0 aliphatic carbocycles. The summed E-state index contributed by atoms with van der Waals surface area (Å²) in [7, 11) is 3.22. The number of rotatable bonds is 5. The van der Waals surface area contributed by atoms with Crippen molar-refractivity contribution in [2.45, 2.75) is 6.54 Å². The lowest BCUT2D eigenvalue weighted by molar-refractivity contribution is 0.354. The molecule has 0 amide bonds. The zero-order valence-electron chi connectivity index (χ0n) is 12.6. The van der Waals surface area contributed by atoms with Crippen molar-refractivity contribution in [2.24, 2.45) is 10.7 Å². The third-order valence-electron chi connectivity index (χ3n) is 2.93. The van der Waals surface area contributed by atoms with E-state index in [1.54, 1.807) is 14.2 Å². The molecular weight excluding hydrogens is 393 g/mol. The standard InChI is InChI=1S/C16H19N3O2.HI/c1-20-14-9-8-12(10-15(14)21-2)11-18-16(17)19-13-6-4-3-5-7-13;/h3-10H,11H2,1-2H3,(H3,17,18,19);1H. The van der Waals surface area contributed by atoms with E-state index in [-0.39, 0.29) is 24.0 Å². The van der Waals surface area contributed by atoms with Crippen LogP contribution in [0.5, 0.6) is 11.5 Å². The summed E-state index contributed by atoms with van der Waals surface area (Å²) in [6, 6.07) is 15.3. The molecule has 118 valence electrons. The number of methoxy groups -OCH3 is 2. The quantitative estimate of drug-likeness (QED) is 0.449. The third kappa shape index (κ3) is 5.10. The average Bonchev–Trinajstić information content (AvgIpc) is 2.53. The molecular formula is C16H20IN3O2. The third-order valence-corrected chi connectivity index (χ3v) is 2.93. The SMILES string of the molecule is COc1ccc(CN=C(N)Nc2ccccc2)cc1OC.I. The summed E-state index contributed by atoms with van der Waals surface area (Å²) in [5.41, 5.74) is 7.76. The molecule has 5 nitrogen and oxygen atoms in total. The van der Waals surface area contributed by atoms with E-state index >= 15 is 0 Å². The number of halogens is 1. The van der Waals surface area contributed by atoms with Crippen molar-refractivity contribution in [1.82, 2.24) is 0 Å². The normalized spacial score (nSPS) is 10.5. The second kappa shape index (κ2) is 9.14. The van der Waals surface area contributed by atoms with Gasteiger partial charge in [-0.3, -0.25) is 0 Å². The second-order valence-electron chi connectivity index (χ2n) is 4.38. The van der Waals surface area contributed by atoms with Gasteiger partial charge in [-0.05, 0) is 29.8 Å². The lowest BCUT2D eigenvalue weighted by atomic mass is 10.2. The molecule has 0 fully saturated rings. The van der Waals surface area contributed by atoms with E-state index in [0.29, 0.717) is 24.0 Å². The van der Waals surface area contributed by atoms with Gasteiger partial charge in [0.15, 0.2) is 17.5 Å². The number of nitrogens with two attached hydrogens (primary N) is 1. The Morgan fingerprint density at radius 2 is 1.73 bits per heavy atom. The van der Waals surface area contributed by atoms with Crippen molar-refractivity contribution >= 4 is 35.6 Å². The number of nitrogens with zero attached hydrogens (tertiary/aromatic N) is 1. The molecule has 0 unspecified atom stereocenters. The van der Waals surface area contributed by atoms with Crippen molar-refractivity contribution in [3.63, 3.8) is 0 Å². The molecule has 0 spiro atoms. The highest BCUT2D eigenvalue weighted by Gasteiger charge is 2.04. The van der Waals surface area contributed by atoms with Crippen molar-refractivity contribution in [3.05, 3.63) is 54.1 Å². The molecule has 6 heteroatoms. The van der Waals surface area contributed by atoms with Crippen LogP contribution in [-0.4, -0.2) is 20.2 Å². The Balaban J connectivity index is 0.00000242. The number of guanidine groups is 1. The summed E-state index contributed by atoms with van der Waals surface area (Å²) in [5, 5.41) is 3.04. The first kappa shape index (κ1) is 18.1. The van der Waals surface area contributed by atoms with Gasteiger partial charge in [0.05, 0.1) is 20.8 Å². The van der Waals surface area contributed by atoms with Crippen LogP contribution in [0.1, 0.15) is 5.56 Å². The molecule has 0 atom stereocenters. The van der Waals surface area contributed by atoms with Gasteiger partial charge in [-0.15, -0.1) is 24.0 Å². The molecule has 0 saturated carbocycles. The molecule has 3 N–H and O–H groups in total. The minimum Gasteiger partial charge on any atom is -0.493 e. The maximum absolute atomic E-state index is 5.86. The molecule has 0 aromatic heterocycles. The van der Waals surface area contributed by atoms with E-state index in [1.165, 1.54) is 0 Å². The van der Waals surface area contributed by atoms with Gasteiger partial charge in [-0.2, -0.15) is 0 Å². The number of hydrogen-bond acceptors (Lipinski definition) is 3. The summed E-state index contributed by atoms with van der Waals surface area (Å²) >= 11 is 0. The predicted octanol–water partition coefficient (Wildman–Crippen LogP) is 3.25. The van der Waals surface area contributed by atoms with E-state index < -0.39 is 0 Å². The van der Waals surface area contributed by atoms with Crippen LogP contribution >= 0.6 is 24.0 Å². The van der Waals surface area contributed by atoms with Crippen LogP contribution in [0.15, 0.2) is 53.5 Å². The number of benzene rings is 2. The smallest absolute Gasteiger partial charge is 0.193 e. The van der Waals surface area contributed by atoms with Gasteiger partial charge in [-0.1, -0.05) is 24.3 Å². The van der Waals surface area contributed by atoms with Crippen LogP contribution in [0.3, 0.4) is 0 Å². The lowest BCUT2D eigenvalue weighted by Crippen LogP contribution is -2.22. The molecule has 22 heavy (non-hydrogen) atoms. The molecule has 0 aliphatic heterocycles. The van der Waals surface area contributed by atoms with Crippen LogP contribution in [-0.2, 0) is 6.54 Å². The van der Waals surface area contributed by atoms with E-state index in [4.69, 9.17) is 15.2 Å². The van der Waals surface area contributed by atoms with Crippen LogP contribution in [0.4, 0.5) is 5.69 Å². The van der Waals surface area contributed by atoms with Gasteiger partial charge in [0.1, 0.15) is 0 Å². The summed E-state index contributed by atoms with van der Waals surface area (Å²) < 4.78 is 10.5. The van der Waals surface area contributed by atoms with E-state index in [1.807, 2.05) is 48.5 Å². The van der Waals surface area contributed by atoms with Gasteiger partial charge in [0, 0.05) is 5.69 Å². The topological polar surface area (TPSA) is 68.9 Å². The molecule has 2 rings (SSSR count). The molecule has 0 heterocycles. The van der Waals surface area contributed by atoms with Gasteiger partial charge in [-0.25, -0.2) is 4.99 Å². The summed E-state index contributed by atoms with van der Waals surface area (Å²) in [5.74, 6) is 1.75. The van der Waals surface area contributed by atoms with Crippen LogP contribution in [0, 0.1) is 0 Å². The van der Waals surface area contributed by atoms with Crippen molar-refractivity contribution in [3.8, 4) is 11.5 Å². The number of para-hydroxylation sites is 1. The van der Waals surface area contributed by atoms with Gasteiger partial charge in [0.2, 0.25) is 0 Å². The van der Waals surface area contributed by atoms with Crippen LogP contribution in [0.2, 0.25) is 0 Å². The Bertz CT molecular complexity index is 618. The minimum atomic E-state index is 0. The van der Waals surface area contributed by atoms with Gasteiger partial charge in [0.25, 0.3) is 0 Å². The first-order valence-corrected chi connectivity index (χ1v) is 6.56. The average molecular weight is 413 g/mol. The van der Waals surface area contributed by atoms with Crippen molar-refractivity contribution in [2.75, 3.05) is 19.5 Å². The Kier molecular flexibility index (Phi) is 7.51. The zero-order valence-corrected chi connectivity index (χ0v) is 14.9. The predicted molar refractivity (Wildman–Crippen MR) is 100 cm³/mol. The van der Waals surface area contributed by atoms with Gasteiger partial charge < -0.3 is 20.5 Å². The number of hydrogen-bond donors (Lipinski definition) is 2. The molecule has 0 aliphatic rings. The summed E-state index contributed by atoms with van der Waals surface area (Å²) in [6.45, 7) is 0.464.